The summed E-state index contributed by atoms with van der Waals surface area (Å²) in [4.78, 5) is 26.8. The Morgan fingerprint density at radius 1 is 1.03 bits per heavy atom. The normalized spacial score (nSPS) is 16.1. The number of aromatic nitrogens is 1. The molecule has 0 fully saturated rings. The average molecular weight is 420 g/mol. The smallest absolute Gasteiger partial charge is 0.308 e. The molecule has 9 heteroatoms. The molecule has 2 aromatic carbocycles. The van der Waals surface area contributed by atoms with Crippen LogP contribution < -0.4 is 14.5 Å². The van der Waals surface area contributed by atoms with Crippen LogP contribution in [0.5, 0.6) is 5.75 Å². The maximum Gasteiger partial charge on any atom is 0.308 e. The number of carbonyl (C=O) groups excluding carboxylic acids is 1. The summed E-state index contributed by atoms with van der Waals surface area (Å²) in [6, 6.07) is 8.62. The molecular formula is C20H15F3N2O3S. The highest BCUT2D eigenvalue weighted by atomic mass is 32.1. The molecule has 1 aliphatic rings. The Balaban J connectivity index is 1.89. The second-order valence-electron chi connectivity index (χ2n) is 6.56. The van der Waals surface area contributed by atoms with E-state index in [1.165, 1.54) is 23.6 Å². The second kappa shape index (κ2) is 7.07. The first kappa shape index (κ1) is 19.3. The molecule has 1 aromatic heterocycles. The van der Waals surface area contributed by atoms with Crippen LogP contribution in [0, 0.1) is 17.5 Å². The molecule has 1 atom stereocenters. The van der Waals surface area contributed by atoms with Gasteiger partial charge in [0.25, 0.3) is 0 Å². The van der Waals surface area contributed by atoms with Crippen molar-refractivity contribution in [2.24, 2.45) is 7.05 Å². The number of hydrogen-bond donors (Lipinski definition) is 0. The number of fused-ring (bicyclic) bond motifs is 1. The van der Waals surface area contributed by atoms with Crippen LogP contribution in [-0.2, 0) is 11.8 Å². The fourth-order valence-electron chi connectivity index (χ4n) is 3.48. The van der Waals surface area contributed by atoms with Crippen LogP contribution in [0.2, 0.25) is 0 Å². The first-order valence-electron chi connectivity index (χ1n) is 8.63. The third-order valence-electron chi connectivity index (χ3n) is 4.94. The molecule has 0 spiro atoms. The van der Waals surface area contributed by atoms with Crippen molar-refractivity contribution in [3.63, 3.8) is 0 Å². The molecule has 1 aliphatic heterocycles. The third kappa shape index (κ3) is 3.02. The van der Waals surface area contributed by atoms with Crippen LogP contribution in [0.25, 0.3) is 0 Å². The van der Waals surface area contributed by atoms with Crippen LogP contribution in [0.15, 0.2) is 41.2 Å². The molecule has 150 valence electrons. The van der Waals surface area contributed by atoms with Crippen molar-refractivity contribution in [3.8, 4) is 5.75 Å². The zero-order valence-electron chi connectivity index (χ0n) is 15.4. The van der Waals surface area contributed by atoms with Gasteiger partial charge in [-0.15, -0.1) is 0 Å². The Labute approximate surface area is 167 Å². The molecule has 29 heavy (non-hydrogen) atoms. The maximum atomic E-state index is 14.4. The lowest BCUT2D eigenvalue weighted by molar-refractivity contribution is -0.118. The van der Waals surface area contributed by atoms with E-state index >= 15 is 0 Å². The summed E-state index contributed by atoms with van der Waals surface area (Å²) in [6.07, 6.45) is -0.193. The molecule has 0 saturated carbocycles. The lowest BCUT2D eigenvalue weighted by Gasteiger charge is -2.32. The second-order valence-corrected chi connectivity index (χ2v) is 7.56. The largest absolute Gasteiger partial charge is 0.497 e. The van der Waals surface area contributed by atoms with Crippen LogP contribution >= 0.6 is 11.3 Å². The van der Waals surface area contributed by atoms with Crippen molar-refractivity contribution in [2.75, 3.05) is 12.0 Å². The van der Waals surface area contributed by atoms with Crippen LogP contribution in [-0.4, -0.2) is 17.6 Å². The number of thiazole rings is 1. The van der Waals surface area contributed by atoms with Crippen molar-refractivity contribution in [2.45, 2.75) is 12.3 Å². The molecule has 4 rings (SSSR count). The number of anilines is 2. The first-order valence-corrected chi connectivity index (χ1v) is 9.45. The van der Waals surface area contributed by atoms with E-state index in [2.05, 4.69) is 0 Å². The highest BCUT2D eigenvalue weighted by molar-refractivity contribution is 7.10. The first-order chi connectivity index (χ1) is 13.8. The summed E-state index contributed by atoms with van der Waals surface area (Å²) in [7, 11) is 3.02. The van der Waals surface area contributed by atoms with Gasteiger partial charge in [-0.25, -0.2) is 13.2 Å². The highest BCUT2D eigenvalue weighted by Gasteiger charge is 2.39. The topological polar surface area (TPSA) is 51.5 Å². The monoisotopic (exact) mass is 420 g/mol. The molecule has 1 amide bonds. The zero-order valence-corrected chi connectivity index (χ0v) is 16.2. The van der Waals surface area contributed by atoms with E-state index in [-0.39, 0.29) is 22.7 Å². The number of rotatable bonds is 3. The summed E-state index contributed by atoms with van der Waals surface area (Å²) >= 11 is 0.853. The van der Waals surface area contributed by atoms with Gasteiger partial charge in [-0.3, -0.25) is 19.1 Å². The molecule has 0 unspecified atom stereocenters. The molecular weight excluding hydrogens is 405 g/mol. The Kier molecular flexibility index (Phi) is 4.70. The summed E-state index contributed by atoms with van der Waals surface area (Å²) in [6.45, 7) is 0. The van der Waals surface area contributed by atoms with E-state index in [9.17, 15) is 22.8 Å². The number of carbonyl (C=O) groups is 1. The fourth-order valence-corrected chi connectivity index (χ4v) is 4.57. The standard InChI is InChI=1S/C20H15F3N2O3S/c1-24-19-18(29-20(24)27)13(12-7-8-14(21)17(23)16(12)22)9-15(26)25(19)10-3-5-11(28-2)6-4-10/h3-8,13H,9H2,1-2H3/t13-/m1/s1. The fraction of sp³-hybridized carbons (Fsp3) is 0.200. The number of benzene rings is 2. The van der Waals surface area contributed by atoms with Gasteiger partial charge in [-0.1, -0.05) is 17.4 Å². The number of amides is 1. The van der Waals surface area contributed by atoms with Gasteiger partial charge in [0.15, 0.2) is 17.5 Å². The average Bonchev–Trinajstić information content (AvgIpc) is 3.01. The summed E-state index contributed by atoms with van der Waals surface area (Å²) in [5.74, 6) is -4.66. The van der Waals surface area contributed by atoms with Gasteiger partial charge in [-0.2, -0.15) is 0 Å². The van der Waals surface area contributed by atoms with Gasteiger partial charge in [0.05, 0.1) is 17.7 Å². The highest BCUT2D eigenvalue weighted by Crippen LogP contribution is 2.45. The lowest BCUT2D eigenvalue weighted by atomic mass is 9.90. The summed E-state index contributed by atoms with van der Waals surface area (Å²) < 4.78 is 48.0. The third-order valence-corrected chi connectivity index (χ3v) is 6.07. The minimum absolute atomic E-state index is 0.158. The zero-order chi connectivity index (χ0) is 20.9. The van der Waals surface area contributed by atoms with Gasteiger partial charge in [0, 0.05) is 24.9 Å². The van der Waals surface area contributed by atoms with Gasteiger partial charge in [-0.05, 0) is 30.3 Å². The molecule has 0 aliphatic carbocycles. The van der Waals surface area contributed by atoms with Crippen LogP contribution in [0.4, 0.5) is 24.7 Å². The van der Waals surface area contributed by atoms with Crippen molar-refractivity contribution in [1.29, 1.82) is 0 Å². The van der Waals surface area contributed by atoms with Crippen molar-refractivity contribution < 1.29 is 22.7 Å². The van der Waals surface area contributed by atoms with Gasteiger partial charge in [0.1, 0.15) is 11.6 Å². The quantitative estimate of drug-likeness (QED) is 0.601. The predicted molar refractivity (Wildman–Crippen MR) is 102 cm³/mol. The molecule has 0 N–H and O–H groups in total. The van der Waals surface area contributed by atoms with E-state index < -0.39 is 29.3 Å². The van der Waals surface area contributed by atoms with E-state index in [1.807, 2.05) is 0 Å². The number of hydrogen-bond acceptors (Lipinski definition) is 4. The van der Waals surface area contributed by atoms with Crippen molar-refractivity contribution >= 4 is 28.7 Å². The van der Waals surface area contributed by atoms with Crippen molar-refractivity contribution in [3.05, 3.63) is 74.0 Å². The Morgan fingerprint density at radius 3 is 2.38 bits per heavy atom. The SMILES string of the molecule is COc1ccc(N2C(=O)C[C@H](c3ccc(F)c(F)c3F)c3sc(=O)n(C)c32)cc1. The molecule has 0 bridgehead atoms. The molecule has 2 heterocycles. The molecule has 0 saturated heterocycles. The maximum absolute atomic E-state index is 14.4. The van der Waals surface area contributed by atoms with Crippen LogP contribution in [0.3, 0.4) is 0 Å². The van der Waals surface area contributed by atoms with E-state index in [1.54, 1.807) is 24.3 Å². The van der Waals surface area contributed by atoms with E-state index in [4.69, 9.17) is 4.74 Å². The molecule has 0 radical (unpaired) electrons. The minimum Gasteiger partial charge on any atom is -0.497 e. The molecule has 3 aromatic rings. The van der Waals surface area contributed by atoms with Gasteiger partial charge in [0.2, 0.25) is 5.91 Å². The van der Waals surface area contributed by atoms with Gasteiger partial charge < -0.3 is 4.74 Å². The number of methoxy groups -OCH3 is 1. The Morgan fingerprint density at radius 2 is 1.72 bits per heavy atom. The number of halogens is 3. The lowest BCUT2D eigenvalue weighted by Crippen LogP contribution is -2.35. The van der Waals surface area contributed by atoms with Crippen LogP contribution in [0.1, 0.15) is 22.8 Å². The Hall–Kier alpha value is -3.07. The van der Waals surface area contributed by atoms with E-state index in [0.717, 1.165) is 23.5 Å². The molecule has 5 nitrogen and oxygen atoms in total. The van der Waals surface area contributed by atoms with E-state index in [0.29, 0.717) is 16.3 Å². The van der Waals surface area contributed by atoms with Gasteiger partial charge >= 0.3 is 4.87 Å². The van der Waals surface area contributed by atoms with Crippen molar-refractivity contribution in [1.82, 2.24) is 4.57 Å². The predicted octanol–water partition coefficient (Wildman–Crippen LogP) is 4.07. The summed E-state index contributed by atoms with van der Waals surface area (Å²) in [5, 5.41) is 0. The number of ether oxygens (including phenoxy) is 1. The minimum atomic E-state index is -1.60. The number of nitrogens with zero attached hydrogens (tertiary/aromatic N) is 2. The summed E-state index contributed by atoms with van der Waals surface area (Å²) in [5.41, 5.74) is 0.351. The Bertz CT molecular complexity index is 1170.